The minimum atomic E-state index is -0.605. The van der Waals surface area contributed by atoms with E-state index in [-0.39, 0.29) is 5.41 Å². The van der Waals surface area contributed by atoms with E-state index in [0.717, 1.165) is 89.9 Å². The first-order chi connectivity index (χ1) is 14.3. The number of carboxylic acids is 2. The molecule has 2 N–H and O–H groups in total. The number of aryl methyl sites for hydroxylation is 3. The van der Waals surface area contributed by atoms with Crippen LogP contribution in [-0.4, -0.2) is 22.2 Å². The van der Waals surface area contributed by atoms with Crippen LogP contribution in [-0.2, 0) is 22.4 Å². The Morgan fingerprint density at radius 1 is 0.733 bits per heavy atom. The lowest BCUT2D eigenvalue weighted by atomic mass is 9.91. The molecular weight excluding hydrogens is 376 g/mol. The Labute approximate surface area is 181 Å². The molecule has 2 fully saturated rings. The molecule has 2 aliphatic carbocycles. The Bertz CT molecular complexity index is 771. The van der Waals surface area contributed by atoms with Gasteiger partial charge in [-0.05, 0) is 94.7 Å². The quantitative estimate of drug-likeness (QED) is 0.353. The van der Waals surface area contributed by atoms with E-state index in [9.17, 15) is 19.8 Å². The van der Waals surface area contributed by atoms with Gasteiger partial charge in [-0.1, -0.05) is 43.4 Å². The summed E-state index contributed by atoms with van der Waals surface area (Å²) in [6, 6.07) is 4.61. The van der Waals surface area contributed by atoms with Crippen molar-refractivity contribution in [3.8, 4) is 0 Å². The predicted molar refractivity (Wildman–Crippen MR) is 119 cm³/mol. The standard InChI is InChI=1S/C26H38O4/c1-19-17-21(9-5-3-4-7-11-25(13-14-25)23(27)28)20(2)22(18-19)10-6-8-12-26(15-16-26)24(29)30/h17-18H,3-16H2,1-2H3,(H,27,28)(H,29,30). The molecule has 0 bridgehead atoms. The van der Waals surface area contributed by atoms with Crippen molar-refractivity contribution in [3.05, 3.63) is 34.4 Å². The highest BCUT2D eigenvalue weighted by Gasteiger charge is 2.49. The van der Waals surface area contributed by atoms with Gasteiger partial charge in [-0.3, -0.25) is 9.59 Å². The first-order valence-corrected chi connectivity index (χ1v) is 11.8. The second kappa shape index (κ2) is 9.53. The maximum Gasteiger partial charge on any atom is 0.309 e. The van der Waals surface area contributed by atoms with Crippen LogP contribution < -0.4 is 0 Å². The second-order valence-corrected chi connectivity index (χ2v) is 10.0. The summed E-state index contributed by atoms with van der Waals surface area (Å²) in [6.07, 6.45) is 13.8. The third kappa shape index (κ3) is 5.65. The Hall–Kier alpha value is -1.84. The highest BCUT2D eigenvalue weighted by molar-refractivity contribution is 5.78. The van der Waals surface area contributed by atoms with Crippen LogP contribution in [0.1, 0.15) is 99.3 Å². The molecule has 1 aromatic rings. The van der Waals surface area contributed by atoms with Crippen LogP contribution in [0.3, 0.4) is 0 Å². The molecule has 1 aromatic carbocycles. The lowest BCUT2D eigenvalue weighted by Gasteiger charge is -2.14. The zero-order chi connectivity index (χ0) is 21.8. The number of rotatable bonds is 14. The summed E-state index contributed by atoms with van der Waals surface area (Å²) in [7, 11) is 0. The Balaban J connectivity index is 1.39. The molecule has 0 radical (unpaired) electrons. The number of hydrogen-bond donors (Lipinski definition) is 2. The molecule has 0 aromatic heterocycles. The maximum absolute atomic E-state index is 11.3. The van der Waals surface area contributed by atoms with Crippen LogP contribution in [0.4, 0.5) is 0 Å². The predicted octanol–water partition coefficient (Wildman–Crippen LogP) is 6.24. The van der Waals surface area contributed by atoms with Gasteiger partial charge >= 0.3 is 11.9 Å². The van der Waals surface area contributed by atoms with Crippen LogP contribution in [0.2, 0.25) is 0 Å². The van der Waals surface area contributed by atoms with Crippen LogP contribution in [0.5, 0.6) is 0 Å². The summed E-state index contributed by atoms with van der Waals surface area (Å²) in [5.74, 6) is -1.20. The molecule has 0 spiro atoms. The van der Waals surface area contributed by atoms with E-state index in [4.69, 9.17) is 0 Å². The summed E-state index contributed by atoms with van der Waals surface area (Å²) in [5, 5.41) is 18.6. The van der Waals surface area contributed by atoms with Crippen molar-refractivity contribution in [2.75, 3.05) is 0 Å². The number of carbonyl (C=O) groups is 2. The molecule has 4 nitrogen and oxygen atoms in total. The van der Waals surface area contributed by atoms with Gasteiger partial charge in [0.2, 0.25) is 0 Å². The summed E-state index contributed by atoms with van der Waals surface area (Å²) >= 11 is 0. The fourth-order valence-corrected chi connectivity index (χ4v) is 4.89. The van der Waals surface area contributed by atoms with E-state index >= 15 is 0 Å². The number of unbranched alkanes of at least 4 members (excludes halogenated alkanes) is 4. The third-order valence-electron chi connectivity index (χ3n) is 7.58. The molecule has 30 heavy (non-hydrogen) atoms. The molecule has 2 aliphatic rings. The molecule has 0 atom stereocenters. The van der Waals surface area contributed by atoms with Crippen molar-refractivity contribution in [3.63, 3.8) is 0 Å². The minimum absolute atomic E-state index is 0.369. The monoisotopic (exact) mass is 414 g/mol. The van der Waals surface area contributed by atoms with Crippen molar-refractivity contribution in [1.82, 2.24) is 0 Å². The summed E-state index contributed by atoms with van der Waals surface area (Å²) < 4.78 is 0. The first kappa shape index (κ1) is 22.8. The Kier molecular flexibility index (Phi) is 7.26. The molecule has 0 amide bonds. The number of hydrogen-bond acceptors (Lipinski definition) is 2. The molecule has 0 unspecified atom stereocenters. The fraction of sp³-hybridized carbons (Fsp3) is 0.692. The van der Waals surface area contributed by atoms with E-state index in [1.807, 2.05) is 0 Å². The molecule has 0 saturated heterocycles. The van der Waals surface area contributed by atoms with E-state index < -0.39 is 17.4 Å². The zero-order valence-electron chi connectivity index (χ0n) is 18.8. The third-order valence-corrected chi connectivity index (χ3v) is 7.58. The van der Waals surface area contributed by atoms with E-state index in [2.05, 4.69) is 26.0 Å². The summed E-state index contributed by atoms with van der Waals surface area (Å²) in [4.78, 5) is 22.6. The highest BCUT2D eigenvalue weighted by Crippen LogP contribution is 2.50. The number of carboxylic acid groups (broad SMARTS) is 2. The molecular formula is C26H38O4. The van der Waals surface area contributed by atoms with Crippen molar-refractivity contribution in [1.29, 1.82) is 0 Å². The number of aliphatic carboxylic acids is 2. The largest absolute Gasteiger partial charge is 0.481 e. The topological polar surface area (TPSA) is 74.6 Å². The van der Waals surface area contributed by atoms with Crippen LogP contribution in [0.15, 0.2) is 12.1 Å². The minimum Gasteiger partial charge on any atom is -0.481 e. The van der Waals surface area contributed by atoms with E-state index in [1.165, 1.54) is 22.3 Å². The Morgan fingerprint density at radius 2 is 1.13 bits per heavy atom. The SMILES string of the molecule is Cc1cc(CCCCCCC2(C(=O)O)CC2)c(C)c(CCCCC2(C(=O)O)CC2)c1. The van der Waals surface area contributed by atoms with Gasteiger partial charge in [0.1, 0.15) is 0 Å². The lowest BCUT2D eigenvalue weighted by Crippen LogP contribution is -2.14. The smallest absolute Gasteiger partial charge is 0.309 e. The van der Waals surface area contributed by atoms with Crippen LogP contribution >= 0.6 is 0 Å². The first-order valence-electron chi connectivity index (χ1n) is 11.8. The van der Waals surface area contributed by atoms with Gasteiger partial charge in [0, 0.05) is 0 Å². The van der Waals surface area contributed by atoms with Gasteiger partial charge in [0.25, 0.3) is 0 Å². The molecule has 3 rings (SSSR count). The molecule has 0 aliphatic heterocycles. The van der Waals surface area contributed by atoms with Gasteiger partial charge in [0.15, 0.2) is 0 Å². The van der Waals surface area contributed by atoms with Gasteiger partial charge in [-0.2, -0.15) is 0 Å². The van der Waals surface area contributed by atoms with Gasteiger partial charge < -0.3 is 10.2 Å². The summed E-state index contributed by atoms with van der Waals surface area (Å²) in [6.45, 7) is 4.39. The van der Waals surface area contributed by atoms with E-state index in [1.54, 1.807) is 0 Å². The summed E-state index contributed by atoms with van der Waals surface area (Å²) in [5.41, 5.74) is 4.82. The average Bonchev–Trinajstić information content (AvgIpc) is 3.60. The number of benzene rings is 1. The van der Waals surface area contributed by atoms with Crippen LogP contribution in [0, 0.1) is 24.7 Å². The van der Waals surface area contributed by atoms with Crippen LogP contribution in [0.25, 0.3) is 0 Å². The average molecular weight is 415 g/mol. The Morgan fingerprint density at radius 3 is 1.57 bits per heavy atom. The second-order valence-electron chi connectivity index (χ2n) is 10.0. The molecule has 4 heteroatoms. The highest BCUT2D eigenvalue weighted by atomic mass is 16.4. The van der Waals surface area contributed by atoms with E-state index in [0.29, 0.717) is 0 Å². The normalized spacial score (nSPS) is 18.2. The van der Waals surface area contributed by atoms with Crippen molar-refractivity contribution < 1.29 is 19.8 Å². The maximum atomic E-state index is 11.3. The van der Waals surface area contributed by atoms with Gasteiger partial charge in [-0.15, -0.1) is 0 Å². The van der Waals surface area contributed by atoms with Gasteiger partial charge in [0.05, 0.1) is 10.8 Å². The van der Waals surface area contributed by atoms with Gasteiger partial charge in [-0.25, -0.2) is 0 Å². The molecule has 0 heterocycles. The molecule has 2 saturated carbocycles. The van der Waals surface area contributed by atoms with Crippen molar-refractivity contribution in [2.45, 2.75) is 104 Å². The molecule has 166 valence electrons. The van der Waals surface area contributed by atoms with Crippen molar-refractivity contribution >= 4 is 11.9 Å². The fourth-order valence-electron chi connectivity index (χ4n) is 4.89. The lowest BCUT2D eigenvalue weighted by molar-refractivity contribution is -0.144. The zero-order valence-corrected chi connectivity index (χ0v) is 18.8. The van der Waals surface area contributed by atoms with Crippen molar-refractivity contribution in [2.24, 2.45) is 10.8 Å².